The van der Waals surface area contributed by atoms with E-state index in [0.717, 1.165) is 18.4 Å². The second-order valence-corrected chi connectivity index (χ2v) is 8.44. The van der Waals surface area contributed by atoms with Crippen LogP contribution in [-0.2, 0) is 24.3 Å². The highest BCUT2D eigenvalue weighted by molar-refractivity contribution is 5.96. The van der Waals surface area contributed by atoms with Crippen molar-refractivity contribution in [1.29, 1.82) is 0 Å². The Hall–Kier alpha value is -3.60. The molecule has 0 bridgehead atoms. The van der Waals surface area contributed by atoms with E-state index in [1.807, 2.05) is 60.7 Å². The Morgan fingerprint density at radius 2 is 1.65 bits per heavy atom. The number of aryl methyl sites for hydroxylation is 1. The van der Waals surface area contributed by atoms with E-state index in [-0.39, 0.29) is 18.4 Å². The zero-order chi connectivity index (χ0) is 24.2. The first kappa shape index (κ1) is 25.0. The van der Waals surface area contributed by atoms with Gasteiger partial charge in [-0.05, 0) is 48.2 Å². The number of rotatable bonds is 13. The van der Waals surface area contributed by atoms with Crippen molar-refractivity contribution in [3.8, 4) is 0 Å². The van der Waals surface area contributed by atoms with Crippen LogP contribution in [0.5, 0.6) is 0 Å². The molecule has 0 atom stereocenters. The van der Waals surface area contributed by atoms with Crippen molar-refractivity contribution in [3.63, 3.8) is 0 Å². The van der Waals surface area contributed by atoms with Crippen LogP contribution in [0.2, 0.25) is 0 Å². The maximum absolute atomic E-state index is 13.4. The molecule has 178 valence electrons. The van der Waals surface area contributed by atoms with Crippen LogP contribution in [0.4, 0.5) is 0 Å². The van der Waals surface area contributed by atoms with Gasteiger partial charge in [-0.25, -0.2) is 0 Å². The van der Waals surface area contributed by atoms with Gasteiger partial charge >= 0.3 is 0 Å². The van der Waals surface area contributed by atoms with Crippen LogP contribution in [0.3, 0.4) is 0 Å². The van der Waals surface area contributed by atoms with Gasteiger partial charge in [0.2, 0.25) is 5.91 Å². The van der Waals surface area contributed by atoms with Crippen molar-refractivity contribution in [2.24, 2.45) is 0 Å². The van der Waals surface area contributed by atoms with Crippen LogP contribution in [0, 0.1) is 0 Å². The Morgan fingerprint density at radius 3 is 2.29 bits per heavy atom. The van der Waals surface area contributed by atoms with Crippen molar-refractivity contribution in [3.05, 3.63) is 108 Å². The highest BCUT2D eigenvalue weighted by Gasteiger charge is 2.22. The standard InChI is InChI=1S/C29H34N2O3/c1-3-5-7-11-24-15-17-26(18-16-24)29(33)30(19-4-2)23-28(32)31(22-27-14-10-20-34-27)21-25-12-8-6-9-13-25/h4,6,8-10,12-18,20H,2-3,5,7,11,19,21-23H2,1H3. The highest BCUT2D eigenvalue weighted by atomic mass is 16.3. The van der Waals surface area contributed by atoms with Crippen molar-refractivity contribution in [1.82, 2.24) is 9.80 Å². The van der Waals surface area contributed by atoms with E-state index in [2.05, 4.69) is 13.5 Å². The van der Waals surface area contributed by atoms with Gasteiger partial charge in [-0.3, -0.25) is 9.59 Å². The molecule has 0 aliphatic carbocycles. The van der Waals surface area contributed by atoms with Crippen molar-refractivity contribution in [2.75, 3.05) is 13.1 Å². The third-order valence-electron chi connectivity index (χ3n) is 5.73. The molecule has 5 heteroatoms. The molecule has 0 aliphatic heterocycles. The monoisotopic (exact) mass is 458 g/mol. The number of hydrogen-bond donors (Lipinski definition) is 0. The summed E-state index contributed by atoms with van der Waals surface area (Å²) < 4.78 is 5.48. The van der Waals surface area contributed by atoms with Crippen LogP contribution in [0.25, 0.3) is 0 Å². The minimum atomic E-state index is -0.175. The van der Waals surface area contributed by atoms with Gasteiger partial charge in [0, 0.05) is 18.7 Å². The van der Waals surface area contributed by atoms with Gasteiger partial charge in [0.25, 0.3) is 5.91 Å². The fourth-order valence-corrected chi connectivity index (χ4v) is 3.84. The SMILES string of the molecule is C=CCN(CC(=O)N(Cc1ccccc1)Cc1ccco1)C(=O)c1ccc(CCCCC)cc1. The lowest BCUT2D eigenvalue weighted by Crippen LogP contribution is -2.42. The molecule has 0 N–H and O–H groups in total. The van der Waals surface area contributed by atoms with Crippen molar-refractivity contribution < 1.29 is 14.0 Å². The first-order chi connectivity index (χ1) is 16.6. The molecular weight excluding hydrogens is 424 g/mol. The van der Waals surface area contributed by atoms with Gasteiger partial charge in [-0.1, -0.05) is 68.3 Å². The normalized spacial score (nSPS) is 10.6. The number of amides is 2. The van der Waals surface area contributed by atoms with E-state index < -0.39 is 0 Å². The topological polar surface area (TPSA) is 53.8 Å². The average Bonchev–Trinajstić information content (AvgIpc) is 3.37. The fourth-order valence-electron chi connectivity index (χ4n) is 3.84. The van der Waals surface area contributed by atoms with E-state index in [0.29, 0.717) is 31.0 Å². The molecule has 2 amide bonds. The Kier molecular flexibility index (Phi) is 9.71. The van der Waals surface area contributed by atoms with E-state index in [1.165, 1.54) is 18.4 Å². The van der Waals surface area contributed by atoms with Crippen molar-refractivity contribution >= 4 is 11.8 Å². The molecule has 1 heterocycles. The second kappa shape index (κ2) is 13.2. The smallest absolute Gasteiger partial charge is 0.254 e. The minimum Gasteiger partial charge on any atom is -0.467 e. The summed E-state index contributed by atoms with van der Waals surface area (Å²) in [5, 5.41) is 0. The number of benzene rings is 2. The number of unbranched alkanes of at least 4 members (excludes halogenated alkanes) is 2. The molecule has 5 nitrogen and oxygen atoms in total. The number of carbonyl (C=O) groups excluding carboxylic acids is 2. The lowest BCUT2D eigenvalue weighted by atomic mass is 10.0. The van der Waals surface area contributed by atoms with E-state index >= 15 is 0 Å². The molecule has 0 spiro atoms. The Labute approximate surface area is 202 Å². The summed E-state index contributed by atoms with van der Waals surface area (Å²) in [5.74, 6) is 0.377. The largest absolute Gasteiger partial charge is 0.467 e. The van der Waals surface area contributed by atoms with Gasteiger partial charge in [0.15, 0.2) is 0 Å². The predicted octanol–water partition coefficient (Wildman–Crippen LogP) is 5.87. The predicted molar refractivity (Wildman–Crippen MR) is 135 cm³/mol. The van der Waals surface area contributed by atoms with Crippen molar-refractivity contribution in [2.45, 2.75) is 45.7 Å². The molecule has 2 aromatic carbocycles. The van der Waals surface area contributed by atoms with Crippen LogP contribution in [0.15, 0.2) is 90.1 Å². The number of furan rings is 1. The van der Waals surface area contributed by atoms with Gasteiger partial charge in [0.05, 0.1) is 12.8 Å². The molecule has 0 saturated carbocycles. The van der Waals surface area contributed by atoms with Gasteiger partial charge < -0.3 is 14.2 Å². The minimum absolute atomic E-state index is 0.0311. The Balaban J connectivity index is 1.71. The molecule has 0 radical (unpaired) electrons. The molecule has 0 unspecified atom stereocenters. The van der Waals surface area contributed by atoms with Crippen LogP contribution >= 0.6 is 0 Å². The van der Waals surface area contributed by atoms with Gasteiger partial charge in [-0.2, -0.15) is 0 Å². The second-order valence-electron chi connectivity index (χ2n) is 8.44. The molecular formula is C29H34N2O3. The van der Waals surface area contributed by atoms with Gasteiger partial charge in [-0.15, -0.1) is 6.58 Å². The third-order valence-corrected chi connectivity index (χ3v) is 5.73. The number of carbonyl (C=O) groups is 2. The summed E-state index contributed by atoms with van der Waals surface area (Å²) in [7, 11) is 0. The molecule has 1 aromatic heterocycles. The molecule has 0 saturated heterocycles. The summed E-state index contributed by atoms with van der Waals surface area (Å²) in [6, 6.07) is 21.2. The lowest BCUT2D eigenvalue weighted by Gasteiger charge is -2.27. The summed E-state index contributed by atoms with van der Waals surface area (Å²) in [6.07, 6.45) is 7.79. The molecule has 3 rings (SSSR count). The Bertz CT molecular complexity index is 1030. The molecule has 34 heavy (non-hydrogen) atoms. The van der Waals surface area contributed by atoms with E-state index in [9.17, 15) is 9.59 Å². The lowest BCUT2D eigenvalue weighted by molar-refractivity contribution is -0.133. The van der Waals surface area contributed by atoms with Crippen LogP contribution in [-0.4, -0.2) is 34.7 Å². The zero-order valence-electron chi connectivity index (χ0n) is 20.0. The molecule has 0 aliphatic rings. The molecule has 0 fully saturated rings. The van der Waals surface area contributed by atoms with Gasteiger partial charge in [0.1, 0.15) is 12.3 Å². The quantitative estimate of drug-likeness (QED) is 0.238. The summed E-state index contributed by atoms with van der Waals surface area (Å²) >= 11 is 0. The zero-order valence-corrected chi connectivity index (χ0v) is 20.0. The van der Waals surface area contributed by atoms with Crippen LogP contribution in [0.1, 0.15) is 53.4 Å². The average molecular weight is 459 g/mol. The van der Waals surface area contributed by atoms with E-state index in [1.54, 1.807) is 28.2 Å². The number of nitrogens with zero attached hydrogens (tertiary/aromatic N) is 2. The fraction of sp³-hybridized carbons (Fsp3) is 0.310. The maximum atomic E-state index is 13.4. The summed E-state index contributed by atoms with van der Waals surface area (Å²) in [5.41, 5.74) is 2.82. The maximum Gasteiger partial charge on any atom is 0.254 e. The van der Waals surface area contributed by atoms with Crippen LogP contribution < -0.4 is 0 Å². The highest BCUT2D eigenvalue weighted by Crippen LogP contribution is 2.14. The van der Waals surface area contributed by atoms with E-state index in [4.69, 9.17) is 4.42 Å². The Morgan fingerprint density at radius 1 is 0.882 bits per heavy atom. The number of hydrogen-bond acceptors (Lipinski definition) is 3. The first-order valence-electron chi connectivity index (χ1n) is 11.9. The molecule has 3 aromatic rings. The first-order valence-corrected chi connectivity index (χ1v) is 11.9. The summed E-state index contributed by atoms with van der Waals surface area (Å²) in [4.78, 5) is 29.8. The summed E-state index contributed by atoms with van der Waals surface area (Å²) in [6.45, 7) is 7.00. The third kappa shape index (κ3) is 7.48.